The van der Waals surface area contributed by atoms with Crippen LogP contribution in [0.25, 0.3) is 21.5 Å². The zero-order valence-electron chi connectivity index (χ0n) is 12.8. The second-order valence-electron chi connectivity index (χ2n) is 5.30. The summed E-state index contributed by atoms with van der Waals surface area (Å²) in [5.41, 5.74) is 0.587. The van der Waals surface area contributed by atoms with Crippen LogP contribution in [0.5, 0.6) is 0 Å². The zero-order chi connectivity index (χ0) is 18.3. The van der Waals surface area contributed by atoms with Crippen molar-refractivity contribution in [3.8, 4) is 10.6 Å². The minimum Gasteiger partial charge on any atom is -0.421 e. The fourth-order valence-corrected chi connectivity index (χ4v) is 3.66. The van der Waals surface area contributed by atoms with Crippen molar-refractivity contribution in [2.24, 2.45) is 0 Å². The minimum atomic E-state index is -0.578. The van der Waals surface area contributed by atoms with E-state index in [1.165, 1.54) is 18.2 Å². The van der Waals surface area contributed by atoms with Crippen LogP contribution in [0.4, 0.5) is 15.2 Å². The standard InChI is InChI=1S/C17H8Cl2FN3O2S/c18-9-5-8-6-12(16(24)25-14(8)13(19)7-9)15-22-23-17(26-15)21-11-3-1-10(20)2-4-11/h1-7H,(H,21,23). The van der Waals surface area contributed by atoms with Gasteiger partial charge in [0.25, 0.3) is 0 Å². The molecule has 0 radical (unpaired) electrons. The number of aromatic nitrogens is 2. The third-order valence-electron chi connectivity index (χ3n) is 3.50. The SMILES string of the molecule is O=c1oc2c(Cl)cc(Cl)cc2cc1-c1nnc(Nc2ccc(F)cc2)s1. The Balaban J connectivity index is 1.72. The first-order valence-electron chi connectivity index (χ1n) is 7.29. The van der Waals surface area contributed by atoms with Gasteiger partial charge in [-0.05, 0) is 42.5 Å². The van der Waals surface area contributed by atoms with Gasteiger partial charge in [0.1, 0.15) is 5.82 Å². The van der Waals surface area contributed by atoms with Gasteiger partial charge in [-0.3, -0.25) is 0 Å². The summed E-state index contributed by atoms with van der Waals surface area (Å²) in [5, 5.41) is 13.1. The maximum Gasteiger partial charge on any atom is 0.346 e. The molecule has 130 valence electrons. The molecule has 5 nitrogen and oxygen atoms in total. The summed E-state index contributed by atoms with van der Waals surface area (Å²) in [6, 6.07) is 10.6. The lowest BCUT2D eigenvalue weighted by molar-refractivity contribution is 0.563. The molecule has 0 bridgehead atoms. The fourth-order valence-electron chi connectivity index (χ4n) is 2.35. The average molecular weight is 408 g/mol. The molecule has 1 N–H and O–H groups in total. The molecule has 4 aromatic rings. The Morgan fingerprint density at radius 1 is 1.08 bits per heavy atom. The summed E-state index contributed by atoms with van der Waals surface area (Å²) in [7, 11) is 0. The summed E-state index contributed by atoms with van der Waals surface area (Å²) in [4.78, 5) is 12.3. The number of rotatable bonds is 3. The van der Waals surface area contributed by atoms with Gasteiger partial charge in [-0.1, -0.05) is 34.5 Å². The maximum absolute atomic E-state index is 13.0. The lowest BCUT2D eigenvalue weighted by atomic mass is 10.2. The van der Waals surface area contributed by atoms with Gasteiger partial charge in [0, 0.05) is 16.1 Å². The molecule has 26 heavy (non-hydrogen) atoms. The predicted molar refractivity (Wildman–Crippen MR) is 101 cm³/mol. The van der Waals surface area contributed by atoms with Crippen LogP contribution in [-0.2, 0) is 0 Å². The molecule has 0 saturated carbocycles. The number of anilines is 2. The van der Waals surface area contributed by atoms with Gasteiger partial charge in [0.05, 0.1) is 10.6 Å². The third-order valence-corrected chi connectivity index (χ3v) is 4.87. The molecule has 0 unspecified atom stereocenters. The van der Waals surface area contributed by atoms with Gasteiger partial charge in [0.15, 0.2) is 10.6 Å². The van der Waals surface area contributed by atoms with Crippen LogP contribution in [0.15, 0.2) is 51.7 Å². The quantitative estimate of drug-likeness (QED) is 0.454. The topological polar surface area (TPSA) is 68.0 Å². The zero-order valence-corrected chi connectivity index (χ0v) is 15.1. The Labute approximate surface area is 160 Å². The number of fused-ring (bicyclic) bond motifs is 1. The Kier molecular flexibility index (Phi) is 4.36. The molecular formula is C17H8Cl2FN3O2S. The summed E-state index contributed by atoms with van der Waals surface area (Å²) >= 11 is 13.2. The van der Waals surface area contributed by atoms with Crippen molar-refractivity contribution >= 4 is 56.3 Å². The lowest BCUT2D eigenvalue weighted by Crippen LogP contribution is -2.02. The van der Waals surface area contributed by atoms with E-state index in [2.05, 4.69) is 15.5 Å². The lowest BCUT2D eigenvalue weighted by Gasteiger charge is -2.02. The van der Waals surface area contributed by atoms with E-state index in [1.54, 1.807) is 24.3 Å². The van der Waals surface area contributed by atoms with Crippen molar-refractivity contribution in [3.05, 3.63) is 68.7 Å². The summed E-state index contributed by atoms with van der Waals surface area (Å²) < 4.78 is 18.3. The van der Waals surface area contributed by atoms with Crippen LogP contribution in [0, 0.1) is 5.82 Å². The Morgan fingerprint density at radius 2 is 1.85 bits per heavy atom. The number of halogens is 3. The molecule has 0 saturated heterocycles. The van der Waals surface area contributed by atoms with Crippen LogP contribution in [0.1, 0.15) is 0 Å². The molecule has 0 aliphatic heterocycles. The van der Waals surface area contributed by atoms with E-state index < -0.39 is 5.63 Å². The van der Waals surface area contributed by atoms with Gasteiger partial charge >= 0.3 is 5.63 Å². The molecule has 0 amide bonds. The summed E-state index contributed by atoms with van der Waals surface area (Å²) in [6.07, 6.45) is 0. The second kappa shape index (κ2) is 6.68. The van der Waals surface area contributed by atoms with Gasteiger partial charge in [0.2, 0.25) is 5.13 Å². The monoisotopic (exact) mass is 407 g/mol. The average Bonchev–Trinajstić information content (AvgIpc) is 3.05. The first-order valence-corrected chi connectivity index (χ1v) is 8.86. The van der Waals surface area contributed by atoms with Crippen molar-refractivity contribution in [1.29, 1.82) is 0 Å². The molecule has 0 aliphatic carbocycles. The molecule has 0 fully saturated rings. The first kappa shape index (κ1) is 17.0. The van der Waals surface area contributed by atoms with Gasteiger partial charge in [-0.25, -0.2) is 9.18 Å². The van der Waals surface area contributed by atoms with Crippen LogP contribution >= 0.6 is 34.5 Å². The molecule has 4 rings (SSSR count). The van der Waals surface area contributed by atoms with Crippen LogP contribution < -0.4 is 10.9 Å². The van der Waals surface area contributed by atoms with E-state index in [4.69, 9.17) is 27.6 Å². The van der Waals surface area contributed by atoms with E-state index in [9.17, 15) is 9.18 Å². The van der Waals surface area contributed by atoms with Crippen molar-refractivity contribution in [3.63, 3.8) is 0 Å². The number of hydrogen-bond acceptors (Lipinski definition) is 6. The van der Waals surface area contributed by atoms with E-state index in [-0.39, 0.29) is 22.0 Å². The van der Waals surface area contributed by atoms with E-state index in [1.807, 2.05) is 0 Å². The molecule has 0 atom stereocenters. The smallest absolute Gasteiger partial charge is 0.346 e. The highest BCUT2D eigenvalue weighted by Gasteiger charge is 2.15. The highest BCUT2D eigenvalue weighted by molar-refractivity contribution is 7.18. The summed E-state index contributed by atoms with van der Waals surface area (Å²) in [5.74, 6) is -0.334. The van der Waals surface area contributed by atoms with Gasteiger partial charge in [-0.2, -0.15) is 0 Å². The fraction of sp³-hybridized carbons (Fsp3) is 0. The molecule has 2 aromatic carbocycles. The maximum atomic E-state index is 13.0. The van der Waals surface area contributed by atoms with E-state index in [0.29, 0.717) is 26.2 Å². The molecular weight excluding hydrogens is 400 g/mol. The molecule has 2 aromatic heterocycles. The minimum absolute atomic E-state index is 0.250. The van der Waals surface area contributed by atoms with Crippen LogP contribution in [-0.4, -0.2) is 10.2 Å². The molecule has 2 heterocycles. The van der Waals surface area contributed by atoms with E-state index in [0.717, 1.165) is 11.3 Å². The van der Waals surface area contributed by atoms with Crippen molar-refractivity contribution in [1.82, 2.24) is 10.2 Å². The van der Waals surface area contributed by atoms with Crippen molar-refractivity contribution in [2.45, 2.75) is 0 Å². The Bertz CT molecular complexity index is 1180. The molecule has 0 spiro atoms. The highest BCUT2D eigenvalue weighted by atomic mass is 35.5. The molecule has 0 aliphatic rings. The van der Waals surface area contributed by atoms with Crippen molar-refractivity contribution < 1.29 is 8.81 Å². The van der Waals surface area contributed by atoms with E-state index >= 15 is 0 Å². The predicted octanol–water partition coefficient (Wildman–Crippen LogP) is 5.50. The van der Waals surface area contributed by atoms with Crippen LogP contribution in [0.3, 0.4) is 0 Å². The number of benzene rings is 2. The first-order chi connectivity index (χ1) is 12.5. The Morgan fingerprint density at radius 3 is 2.62 bits per heavy atom. The largest absolute Gasteiger partial charge is 0.421 e. The van der Waals surface area contributed by atoms with Gasteiger partial charge < -0.3 is 9.73 Å². The molecule has 9 heteroatoms. The third kappa shape index (κ3) is 3.29. The highest BCUT2D eigenvalue weighted by Crippen LogP contribution is 2.31. The second-order valence-corrected chi connectivity index (χ2v) is 7.12. The number of nitrogens with zero attached hydrogens (tertiary/aromatic N) is 2. The Hall–Kier alpha value is -2.48. The van der Waals surface area contributed by atoms with Gasteiger partial charge in [-0.15, -0.1) is 10.2 Å². The van der Waals surface area contributed by atoms with Crippen molar-refractivity contribution in [2.75, 3.05) is 5.32 Å². The number of nitrogens with one attached hydrogen (secondary N) is 1. The van der Waals surface area contributed by atoms with Crippen LogP contribution in [0.2, 0.25) is 10.0 Å². The summed E-state index contributed by atoms with van der Waals surface area (Å²) in [6.45, 7) is 0. The number of hydrogen-bond donors (Lipinski definition) is 1. The normalized spacial score (nSPS) is 11.0.